The van der Waals surface area contributed by atoms with E-state index in [2.05, 4.69) is 0 Å². The molecular formula is C20H23N3O5S. The van der Waals surface area contributed by atoms with Crippen LogP contribution in [0.4, 0.5) is 0 Å². The Kier molecular flexibility index (Phi) is 5.90. The lowest BCUT2D eigenvalue weighted by Gasteiger charge is -2.25. The molecule has 0 saturated heterocycles. The van der Waals surface area contributed by atoms with Gasteiger partial charge < -0.3 is 9.32 Å². The SMILES string of the molecule is CC(c1cccc(S(N)(=O)=O)c1)N(C)C(=O)CCCn1c(=O)oc2ccccc21. The van der Waals surface area contributed by atoms with Gasteiger partial charge in [0.15, 0.2) is 5.58 Å². The summed E-state index contributed by atoms with van der Waals surface area (Å²) in [4.78, 5) is 26.1. The Morgan fingerprint density at radius 1 is 1.21 bits per heavy atom. The maximum Gasteiger partial charge on any atom is 0.419 e. The van der Waals surface area contributed by atoms with Crippen molar-refractivity contribution >= 4 is 27.0 Å². The van der Waals surface area contributed by atoms with Crippen molar-refractivity contribution in [3.05, 3.63) is 64.6 Å². The van der Waals surface area contributed by atoms with Crippen molar-refractivity contribution in [2.75, 3.05) is 7.05 Å². The quantitative estimate of drug-likeness (QED) is 0.633. The molecule has 29 heavy (non-hydrogen) atoms. The zero-order chi connectivity index (χ0) is 21.2. The van der Waals surface area contributed by atoms with E-state index < -0.39 is 15.8 Å². The monoisotopic (exact) mass is 417 g/mol. The highest BCUT2D eigenvalue weighted by molar-refractivity contribution is 7.89. The molecule has 9 heteroatoms. The molecule has 0 saturated carbocycles. The van der Waals surface area contributed by atoms with Crippen LogP contribution in [0.25, 0.3) is 11.1 Å². The summed E-state index contributed by atoms with van der Waals surface area (Å²) in [5, 5.41) is 5.18. The average Bonchev–Trinajstić information content (AvgIpc) is 3.01. The van der Waals surface area contributed by atoms with Gasteiger partial charge in [-0.25, -0.2) is 18.4 Å². The normalized spacial score (nSPS) is 12.8. The number of primary sulfonamides is 1. The van der Waals surface area contributed by atoms with E-state index >= 15 is 0 Å². The number of para-hydroxylation sites is 2. The molecule has 1 unspecified atom stereocenters. The summed E-state index contributed by atoms with van der Waals surface area (Å²) < 4.78 is 29.8. The maximum absolute atomic E-state index is 12.6. The van der Waals surface area contributed by atoms with Crippen LogP contribution < -0.4 is 10.9 Å². The summed E-state index contributed by atoms with van der Waals surface area (Å²) in [5.41, 5.74) is 1.89. The molecule has 0 spiro atoms. The van der Waals surface area contributed by atoms with E-state index in [4.69, 9.17) is 9.56 Å². The Labute approximate surface area is 168 Å². The standard InChI is InChI=1S/C20H23N3O5S/c1-14(15-7-5-8-16(13-15)29(21,26)27)22(2)19(24)11-6-12-23-17-9-3-4-10-18(17)28-20(23)25/h3-5,7-10,13-14H,6,11-12H2,1-2H3,(H2,21,26,27). The molecule has 0 aliphatic heterocycles. The molecule has 2 aromatic carbocycles. The second kappa shape index (κ2) is 8.22. The minimum atomic E-state index is -3.81. The predicted molar refractivity (Wildman–Crippen MR) is 109 cm³/mol. The molecule has 0 fully saturated rings. The fraction of sp³-hybridized carbons (Fsp3) is 0.300. The van der Waals surface area contributed by atoms with Gasteiger partial charge in [0.05, 0.1) is 16.5 Å². The van der Waals surface area contributed by atoms with E-state index in [1.54, 1.807) is 42.3 Å². The minimum absolute atomic E-state index is 0.00825. The van der Waals surface area contributed by atoms with Crippen LogP contribution in [0.15, 0.2) is 62.6 Å². The van der Waals surface area contributed by atoms with Gasteiger partial charge in [-0.3, -0.25) is 9.36 Å². The molecule has 0 aliphatic carbocycles. The van der Waals surface area contributed by atoms with Crippen LogP contribution in [0.5, 0.6) is 0 Å². The van der Waals surface area contributed by atoms with Gasteiger partial charge in [-0.2, -0.15) is 0 Å². The summed E-state index contributed by atoms with van der Waals surface area (Å²) in [7, 11) is -2.15. The molecule has 8 nitrogen and oxygen atoms in total. The number of nitrogens with two attached hydrogens (primary N) is 1. The van der Waals surface area contributed by atoms with E-state index in [1.165, 1.54) is 16.7 Å². The Morgan fingerprint density at radius 3 is 2.66 bits per heavy atom. The number of fused-ring (bicyclic) bond motifs is 1. The molecular weight excluding hydrogens is 394 g/mol. The van der Waals surface area contributed by atoms with Crippen LogP contribution in [-0.4, -0.2) is 30.8 Å². The number of benzene rings is 2. The maximum atomic E-state index is 12.6. The number of carbonyl (C=O) groups excluding carboxylic acids is 1. The average molecular weight is 417 g/mol. The number of hydrogen-bond acceptors (Lipinski definition) is 5. The second-order valence-electron chi connectivity index (χ2n) is 6.89. The summed E-state index contributed by atoms with van der Waals surface area (Å²) in [5.74, 6) is -0.556. The lowest BCUT2D eigenvalue weighted by molar-refractivity contribution is -0.131. The smallest absolute Gasteiger partial charge is 0.408 e. The van der Waals surface area contributed by atoms with E-state index in [0.29, 0.717) is 29.6 Å². The number of aryl methyl sites for hydroxylation is 1. The molecule has 0 aliphatic rings. The topological polar surface area (TPSA) is 116 Å². The minimum Gasteiger partial charge on any atom is -0.408 e. The number of nitrogens with zero attached hydrogens (tertiary/aromatic N) is 2. The van der Waals surface area contributed by atoms with Crippen LogP contribution >= 0.6 is 0 Å². The molecule has 1 amide bonds. The van der Waals surface area contributed by atoms with Crippen LogP contribution in [0.2, 0.25) is 0 Å². The van der Waals surface area contributed by atoms with Gasteiger partial charge in [-0.15, -0.1) is 0 Å². The van der Waals surface area contributed by atoms with Gasteiger partial charge in [0.1, 0.15) is 0 Å². The second-order valence-corrected chi connectivity index (χ2v) is 8.45. The number of oxazole rings is 1. The van der Waals surface area contributed by atoms with Crippen molar-refractivity contribution in [1.29, 1.82) is 0 Å². The number of amides is 1. The van der Waals surface area contributed by atoms with Crippen LogP contribution in [0.1, 0.15) is 31.4 Å². The van der Waals surface area contributed by atoms with Crippen LogP contribution in [-0.2, 0) is 21.4 Å². The first kappa shape index (κ1) is 20.8. The zero-order valence-electron chi connectivity index (χ0n) is 16.2. The number of rotatable bonds is 7. The molecule has 0 bridgehead atoms. The van der Waals surface area contributed by atoms with Gasteiger partial charge >= 0.3 is 5.76 Å². The highest BCUT2D eigenvalue weighted by Crippen LogP contribution is 2.22. The van der Waals surface area contributed by atoms with Gasteiger partial charge in [0.25, 0.3) is 0 Å². The lowest BCUT2D eigenvalue weighted by Crippen LogP contribution is -2.30. The molecule has 1 aromatic heterocycles. The third-order valence-electron chi connectivity index (χ3n) is 4.99. The number of hydrogen-bond donors (Lipinski definition) is 1. The first-order valence-electron chi connectivity index (χ1n) is 9.15. The Bertz CT molecular complexity index is 1200. The van der Waals surface area contributed by atoms with Crippen molar-refractivity contribution in [2.24, 2.45) is 5.14 Å². The molecule has 154 valence electrons. The molecule has 1 atom stereocenters. The van der Waals surface area contributed by atoms with Gasteiger partial charge in [-0.05, 0) is 43.2 Å². The summed E-state index contributed by atoms with van der Waals surface area (Å²) in [6.45, 7) is 2.18. The first-order valence-corrected chi connectivity index (χ1v) is 10.7. The van der Waals surface area contributed by atoms with Gasteiger partial charge in [0.2, 0.25) is 15.9 Å². The van der Waals surface area contributed by atoms with Crippen molar-refractivity contribution < 1.29 is 17.6 Å². The summed E-state index contributed by atoms with van der Waals surface area (Å²) >= 11 is 0. The molecule has 2 N–H and O–H groups in total. The van der Waals surface area contributed by atoms with E-state index in [-0.39, 0.29) is 23.3 Å². The van der Waals surface area contributed by atoms with Crippen molar-refractivity contribution in [3.8, 4) is 0 Å². The summed E-state index contributed by atoms with van der Waals surface area (Å²) in [6.07, 6.45) is 0.707. The Morgan fingerprint density at radius 2 is 1.93 bits per heavy atom. The Balaban J connectivity index is 1.65. The molecule has 0 radical (unpaired) electrons. The first-order chi connectivity index (χ1) is 13.7. The van der Waals surface area contributed by atoms with Crippen molar-refractivity contribution in [1.82, 2.24) is 9.47 Å². The van der Waals surface area contributed by atoms with E-state index in [9.17, 15) is 18.0 Å². The summed E-state index contributed by atoms with van der Waals surface area (Å²) in [6, 6.07) is 13.0. The van der Waals surface area contributed by atoms with Gasteiger partial charge in [-0.1, -0.05) is 24.3 Å². The zero-order valence-corrected chi connectivity index (χ0v) is 17.1. The van der Waals surface area contributed by atoms with Crippen LogP contribution in [0.3, 0.4) is 0 Å². The van der Waals surface area contributed by atoms with Crippen molar-refractivity contribution in [2.45, 2.75) is 37.2 Å². The molecule has 1 heterocycles. The molecule has 3 rings (SSSR count). The highest BCUT2D eigenvalue weighted by Gasteiger charge is 2.19. The molecule has 3 aromatic rings. The fourth-order valence-corrected chi connectivity index (χ4v) is 3.75. The van der Waals surface area contributed by atoms with Gasteiger partial charge in [0, 0.05) is 20.0 Å². The lowest BCUT2D eigenvalue weighted by atomic mass is 10.1. The van der Waals surface area contributed by atoms with Crippen LogP contribution in [0, 0.1) is 0 Å². The Hall–Kier alpha value is -2.91. The predicted octanol–water partition coefficient (Wildman–Crippen LogP) is 2.24. The highest BCUT2D eigenvalue weighted by atomic mass is 32.2. The van der Waals surface area contributed by atoms with Crippen molar-refractivity contribution in [3.63, 3.8) is 0 Å². The number of carbonyl (C=O) groups is 1. The van der Waals surface area contributed by atoms with E-state index in [0.717, 1.165) is 0 Å². The fourth-order valence-electron chi connectivity index (χ4n) is 3.18. The largest absolute Gasteiger partial charge is 0.419 e. The van der Waals surface area contributed by atoms with E-state index in [1.807, 2.05) is 13.0 Å². The number of sulfonamides is 1. The third kappa shape index (κ3) is 4.57. The third-order valence-corrected chi connectivity index (χ3v) is 5.90. The number of aromatic nitrogens is 1.